The van der Waals surface area contributed by atoms with E-state index < -0.39 is 9.80 Å². The second-order valence-electron chi connectivity index (χ2n) is 3.31. The number of hydrogen-bond donors (Lipinski definition) is 1. The maximum absolute atomic E-state index is 11.1. The molecule has 0 heterocycles. The summed E-state index contributed by atoms with van der Waals surface area (Å²) in [6.07, 6.45) is 1.12. The van der Waals surface area contributed by atoms with Gasteiger partial charge in [-0.1, -0.05) is 13.8 Å². The fraction of sp³-hybridized carbons (Fsp3) is 0.778. The van der Waals surface area contributed by atoms with Gasteiger partial charge in [0, 0.05) is 5.75 Å². The smallest absolute Gasteiger partial charge is 0.308 e. The molecule has 0 spiro atoms. The van der Waals surface area contributed by atoms with Crippen LogP contribution in [-0.4, -0.2) is 33.0 Å². The lowest BCUT2D eigenvalue weighted by Crippen LogP contribution is -2.16. The van der Waals surface area contributed by atoms with Crippen LogP contribution in [0.3, 0.4) is 0 Å². The zero-order valence-corrected chi connectivity index (χ0v) is 9.51. The van der Waals surface area contributed by atoms with Crippen molar-refractivity contribution in [2.45, 2.75) is 26.7 Å². The standard InChI is InChI=1S/C9H18O4S/c1-4-8(2)9(10)13-6-5-7-14(3,11)12/h8H,3-7H2,1-2H3,(H,11,12). The molecule has 5 heteroatoms. The number of hydrogen-bond acceptors (Lipinski definition) is 3. The molecule has 0 amide bonds. The lowest BCUT2D eigenvalue weighted by atomic mass is 10.1. The van der Waals surface area contributed by atoms with Gasteiger partial charge >= 0.3 is 5.97 Å². The highest BCUT2D eigenvalue weighted by molar-refractivity contribution is 7.95. The van der Waals surface area contributed by atoms with Crippen molar-refractivity contribution >= 4 is 21.6 Å². The number of carbonyl (C=O) groups is 1. The Bertz CT molecular complexity index is 269. The SMILES string of the molecule is C=S(=O)(O)CCCOC(=O)C(C)CC. The van der Waals surface area contributed by atoms with Crippen molar-refractivity contribution in [3.05, 3.63) is 0 Å². The molecule has 0 aliphatic rings. The molecule has 14 heavy (non-hydrogen) atoms. The maximum atomic E-state index is 11.1. The number of carbonyl (C=O) groups excluding carboxylic acids is 1. The summed E-state index contributed by atoms with van der Waals surface area (Å²) in [5.74, 6) is 2.80. The summed E-state index contributed by atoms with van der Waals surface area (Å²) in [4.78, 5) is 11.1. The third kappa shape index (κ3) is 6.91. The average molecular weight is 222 g/mol. The fourth-order valence-electron chi connectivity index (χ4n) is 0.766. The third-order valence-electron chi connectivity index (χ3n) is 1.87. The van der Waals surface area contributed by atoms with Gasteiger partial charge in [0.1, 0.15) is 0 Å². The van der Waals surface area contributed by atoms with Crippen molar-refractivity contribution < 1.29 is 18.3 Å². The van der Waals surface area contributed by atoms with Crippen LogP contribution >= 0.6 is 0 Å². The van der Waals surface area contributed by atoms with Crippen LogP contribution in [0.1, 0.15) is 26.7 Å². The van der Waals surface area contributed by atoms with Gasteiger partial charge in [-0.15, -0.1) is 0 Å². The summed E-state index contributed by atoms with van der Waals surface area (Å²) >= 11 is 0. The quantitative estimate of drug-likeness (QED) is 0.416. The summed E-state index contributed by atoms with van der Waals surface area (Å²) in [5.41, 5.74) is 0. The maximum Gasteiger partial charge on any atom is 0.308 e. The molecular weight excluding hydrogens is 204 g/mol. The molecule has 0 aromatic rings. The summed E-state index contributed by atoms with van der Waals surface area (Å²) < 4.78 is 24.4. The Labute approximate surface area is 85.5 Å². The average Bonchev–Trinajstić information content (AvgIpc) is 2.09. The van der Waals surface area contributed by atoms with E-state index in [-0.39, 0.29) is 24.2 Å². The van der Waals surface area contributed by atoms with Crippen LogP contribution in [-0.2, 0) is 19.3 Å². The third-order valence-corrected chi connectivity index (χ3v) is 2.79. The molecule has 0 saturated heterocycles. The number of rotatable bonds is 6. The van der Waals surface area contributed by atoms with Crippen molar-refractivity contribution in [1.29, 1.82) is 0 Å². The lowest BCUT2D eigenvalue weighted by Gasteiger charge is -2.08. The number of ether oxygens (including phenoxy) is 1. The minimum Gasteiger partial charge on any atom is -0.465 e. The molecule has 84 valence electrons. The molecule has 0 bridgehead atoms. The first-order valence-electron chi connectivity index (χ1n) is 4.60. The largest absolute Gasteiger partial charge is 0.465 e. The molecule has 0 aliphatic carbocycles. The Morgan fingerprint density at radius 3 is 2.64 bits per heavy atom. The van der Waals surface area contributed by atoms with Crippen LogP contribution < -0.4 is 0 Å². The molecule has 2 atom stereocenters. The molecule has 0 fully saturated rings. The van der Waals surface area contributed by atoms with Gasteiger partial charge in [-0.25, -0.2) is 4.21 Å². The highest BCUT2D eigenvalue weighted by Gasteiger charge is 2.11. The van der Waals surface area contributed by atoms with Crippen LogP contribution in [0, 0.1) is 5.92 Å². The Balaban J connectivity index is 3.61. The summed E-state index contributed by atoms with van der Waals surface area (Å²) in [6.45, 7) is 3.89. The van der Waals surface area contributed by atoms with Gasteiger partial charge < -0.3 is 9.29 Å². The Kier molecular flexibility index (Phi) is 5.79. The van der Waals surface area contributed by atoms with Gasteiger partial charge in [-0.3, -0.25) is 4.79 Å². The van der Waals surface area contributed by atoms with E-state index in [1.165, 1.54) is 0 Å². The second-order valence-corrected chi connectivity index (χ2v) is 5.26. The first-order chi connectivity index (χ1) is 6.37. The summed E-state index contributed by atoms with van der Waals surface area (Å²) in [5, 5.41) is 0. The molecule has 0 aromatic heterocycles. The van der Waals surface area contributed by atoms with Crippen molar-refractivity contribution in [3.8, 4) is 0 Å². The van der Waals surface area contributed by atoms with E-state index in [9.17, 15) is 9.00 Å². The van der Waals surface area contributed by atoms with Gasteiger partial charge in [0.05, 0.1) is 22.3 Å². The highest BCUT2D eigenvalue weighted by atomic mass is 32.2. The van der Waals surface area contributed by atoms with E-state index in [0.29, 0.717) is 6.42 Å². The van der Waals surface area contributed by atoms with Crippen LogP contribution in [0.15, 0.2) is 0 Å². The first kappa shape index (κ1) is 13.4. The predicted octanol–water partition coefficient (Wildman–Crippen LogP) is 1.16. The predicted molar refractivity (Wildman–Crippen MR) is 57.8 cm³/mol. The van der Waals surface area contributed by atoms with E-state index in [0.717, 1.165) is 6.42 Å². The van der Waals surface area contributed by atoms with Crippen LogP contribution in [0.2, 0.25) is 0 Å². The Morgan fingerprint density at radius 1 is 1.64 bits per heavy atom. The fourth-order valence-corrected chi connectivity index (χ4v) is 1.34. The molecule has 0 radical (unpaired) electrons. The van der Waals surface area contributed by atoms with Crippen LogP contribution in [0.25, 0.3) is 0 Å². The molecule has 0 aromatic carbocycles. The zero-order chi connectivity index (χ0) is 11.2. The van der Waals surface area contributed by atoms with Crippen molar-refractivity contribution in [3.63, 3.8) is 0 Å². The van der Waals surface area contributed by atoms with Gasteiger partial charge in [0.25, 0.3) is 0 Å². The monoisotopic (exact) mass is 222 g/mol. The Hall–Kier alpha value is -0.550. The van der Waals surface area contributed by atoms with E-state index in [1.54, 1.807) is 6.92 Å². The minimum absolute atomic E-state index is 0.0702. The molecule has 2 unspecified atom stereocenters. The van der Waals surface area contributed by atoms with Gasteiger partial charge in [-0.05, 0) is 18.7 Å². The number of esters is 1. The molecule has 4 nitrogen and oxygen atoms in total. The summed E-state index contributed by atoms with van der Waals surface area (Å²) in [7, 11) is -2.94. The molecule has 1 N–H and O–H groups in total. The zero-order valence-electron chi connectivity index (χ0n) is 8.69. The van der Waals surface area contributed by atoms with E-state index in [2.05, 4.69) is 5.87 Å². The van der Waals surface area contributed by atoms with E-state index in [1.807, 2.05) is 6.92 Å². The lowest BCUT2D eigenvalue weighted by molar-refractivity contribution is -0.148. The van der Waals surface area contributed by atoms with Crippen molar-refractivity contribution in [2.75, 3.05) is 12.4 Å². The molecule has 0 aliphatic heterocycles. The van der Waals surface area contributed by atoms with Crippen molar-refractivity contribution in [1.82, 2.24) is 0 Å². The molecule has 0 saturated carbocycles. The second kappa shape index (κ2) is 6.03. The van der Waals surface area contributed by atoms with Crippen molar-refractivity contribution in [2.24, 2.45) is 5.92 Å². The van der Waals surface area contributed by atoms with Gasteiger partial charge in [0.2, 0.25) is 0 Å². The highest BCUT2D eigenvalue weighted by Crippen LogP contribution is 2.03. The van der Waals surface area contributed by atoms with E-state index in [4.69, 9.17) is 9.29 Å². The molecular formula is C9H18O4S. The minimum atomic E-state index is -2.94. The first-order valence-corrected chi connectivity index (χ1v) is 6.46. The summed E-state index contributed by atoms with van der Waals surface area (Å²) in [6, 6.07) is 0. The molecule has 0 rings (SSSR count). The topological polar surface area (TPSA) is 63.6 Å². The van der Waals surface area contributed by atoms with Crippen LogP contribution in [0.4, 0.5) is 0 Å². The van der Waals surface area contributed by atoms with E-state index >= 15 is 0 Å². The Morgan fingerprint density at radius 2 is 2.21 bits per heavy atom. The van der Waals surface area contributed by atoms with Gasteiger partial charge in [-0.2, -0.15) is 0 Å². The van der Waals surface area contributed by atoms with Crippen LogP contribution in [0.5, 0.6) is 0 Å². The van der Waals surface area contributed by atoms with Gasteiger partial charge in [0.15, 0.2) is 0 Å². The normalized spacial score (nSPS) is 17.1.